The largest absolute Gasteiger partial charge is 0.497 e. The lowest BCUT2D eigenvalue weighted by Crippen LogP contribution is -2.20. The molecule has 0 saturated carbocycles. The summed E-state index contributed by atoms with van der Waals surface area (Å²) in [5, 5.41) is 0. The minimum Gasteiger partial charge on any atom is -0.497 e. The molecule has 0 heterocycles. The first-order valence-electron chi connectivity index (χ1n) is 4.74. The molecule has 15 heavy (non-hydrogen) atoms. The van der Waals surface area contributed by atoms with Crippen LogP contribution in [0.3, 0.4) is 0 Å². The molecule has 1 aromatic carbocycles. The molecule has 0 aliphatic heterocycles. The Morgan fingerprint density at radius 2 is 1.87 bits per heavy atom. The van der Waals surface area contributed by atoms with Crippen molar-refractivity contribution in [3.05, 3.63) is 29.6 Å². The highest BCUT2D eigenvalue weighted by atomic mass is 19.1. The van der Waals surface area contributed by atoms with Gasteiger partial charge in [-0.15, -0.1) is 0 Å². The van der Waals surface area contributed by atoms with Crippen LogP contribution in [0.1, 0.15) is 31.1 Å². The predicted octanol–water partition coefficient (Wildman–Crippen LogP) is 3.06. The number of benzene rings is 1. The zero-order valence-electron chi connectivity index (χ0n) is 9.43. The summed E-state index contributed by atoms with van der Waals surface area (Å²) in [4.78, 5) is 11.9. The standard InChI is InChI=1S/C12H15FO2/c1-12(2,3)11(14)8-5-9(13)7-10(6-8)15-4/h5-7H,1-4H3. The van der Waals surface area contributed by atoms with Crippen molar-refractivity contribution in [2.75, 3.05) is 7.11 Å². The Kier molecular flexibility index (Phi) is 3.12. The average molecular weight is 210 g/mol. The second-order valence-corrected chi connectivity index (χ2v) is 4.46. The minimum atomic E-state index is -0.515. The van der Waals surface area contributed by atoms with Gasteiger partial charge in [-0.25, -0.2) is 4.39 Å². The minimum absolute atomic E-state index is 0.0969. The van der Waals surface area contributed by atoms with E-state index in [2.05, 4.69) is 0 Å². The van der Waals surface area contributed by atoms with Gasteiger partial charge in [0.25, 0.3) is 0 Å². The van der Waals surface area contributed by atoms with Gasteiger partial charge < -0.3 is 4.74 Å². The van der Waals surface area contributed by atoms with Gasteiger partial charge in [-0.05, 0) is 12.1 Å². The van der Waals surface area contributed by atoms with Crippen LogP contribution in [0.4, 0.5) is 4.39 Å². The normalized spacial score (nSPS) is 11.3. The molecule has 0 aliphatic carbocycles. The molecule has 1 rings (SSSR count). The van der Waals surface area contributed by atoms with Crippen LogP contribution in [0.2, 0.25) is 0 Å². The van der Waals surface area contributed by atoms with Crippen LogP contribution in [-0.2, 0) is 0 Å². The third-order valence-electron chi connectivity index (χ3n) is 2.05. The van der Waals surface area contributed by atoms with Gasteiger partial charge in [0, 0.05) is 17.0 Å². The molecule has 0 radical (unpaired) electrons. The van der Waals surface area contributed by atoms with Gasteiger partial charge in [0.1, 0.15) is 11.6 Å². The Morgan fingerprint density at radius 1 is 1.27 bits per heavy atom. The number of rotatable bonds is 2. The van der Waals surface area contributed by atoms with E-state index in [0.717, 1.165) is 0 Å². The van der Waals surface area contributed by atoms with E-state index in [1.165, 1.54) is 19.2 Å². The monoisotopic (exact) mass is 210 g/mol. The summed E-state index contributed by atoms with van der Waals surface area (Å²) < 4.78 is 18.0. The van der Waals surface area contributed by atoms with Crippen LogP contribution in [0.5, 0.6) is 5.75 Å². The van der Waals surface area contributed by atoms with Crippen LogP contribution in [0, 0.1) is 11.2 Å². The van der Waals surface area contributed by atoms with Gasteiger partial charge in [-0.3, -0.25) is 4.79 Å². The molecule has 1 aromatic rings. The van der Waals surface area contributed by atoms with Gasteiger partial charge in [-0.1, -0.05) is 20.8 Å². The topological polar surface area (TPSA) is 26.3 Å². The molecule has 0 aromatic heterocycles. The van der Waals surface area contributed by atoms with E-state index < -0.39 is 11.2 Å². The van der Waals surface area contributed by atoms with Crippen LogP contribution >= 0.6 is 0 Å². The number of ketones is 1. The number of carbonyl (C=O) groups excluding carboxylic acids is 1. The van der Waals surface area contributed by atoms with Crippen molar-refractivity contribution in [1.29, 1.82) is 0 Å². The number of carbonyl (C=O) groups is 1. The van der Waals surface area contributed by atoms with Crippen molar-refractivity contribution in [2.45, 2.75) is 20.8 Å². The van der Waals surface area contributed by atoms with Crippen LogP contribution in [-0.4, -0.2) is 12.9 Å². The third kappa shape index (κ3) is 2.78. The van der Waals surface area contributed by atoms with Gasteiger partial charge in [0.05, 0.1) is 7.11 Å². The maximum absolute atomic E-state index is 13.1. The number of hydrogen-bond acceptors (Lipinski definition) is 2. The molecule has 0 fully saturated rings. The first kappa shape index (κ1) is 11.7. The van der Waals surface area contributed by atoms with Crippen LogP contribution in [0.25, 0.3) is 0 Å². The Balaban J connectivity index is 3.15. The number of ether oxygens (including phenoxy) is 1. The van der Waals surface area contributed by atoms with Crippen molar-refractivity contribution >= 4 is 5.78 Å². The lowest BCUT2D eigenvalue weighted by Gasteiger charge is -2.16. The molecule has 0 unspecified atom stereocenters. The van der Waals surface area contributed by atoms with E-state index in [1.807, 2.05) is 0 Å². The van der Waals surface area contributed by atoms with Gasteiger partial charge >= 0.3 is 0 Å². The van der Waals surface area contributed by atoms with Gasteiger partial charge in [-0.2, -0.15) is 0 Å². The first-order valence-corrected chi connectivity index (χ1v) is 4.74. The van der Waals surface area contributed by atoms with Gasteiger partial charge in [0.2, 0.25) is 0 Å². The Morgan fingerprint density at radius 3 is 2.33 bits per heavy atom. The second kappa shape index (κ2) is 4.01. The summed E-state index contributed by atoms with van der Waals surface area (Å²) in [6.45, 7) is 5.39. The molecule has 0 bridgehead atoms. The van der Waals surface area contributed by atoms with Gasteiger partial charge in [0.15, 0.2) is 5.78 Å². The number of hydrogen-bond donors (Lipinski definition) is 0. The van der Waals surface area contributed by atoms with E-state index in [1.54, 1.807) is 26.8 Å². The van der Waals surface area contributed by atoms with Crippen LogP contribution < -0.4 is 4.74 Å². The summed E-state index contributed by atoms with van der Waals surface area (Å²) >= 11 is 0. The number of Topliss-reactive ketones (excluding diaryl/α,β-unsaturated/α-hetero) is 1. The average Bonchev–Trinajstić information content (AvgIpc) is 2.14. The molecule has 0 N–H and O–H groups in total. The van der Waals surface area contributed by atoms with E-state index in [0.29, 0.717) is 11.3 Å². The maximum atomic E-state index is 13.1. The smallest absolute Gasteiger partial charge is 0.168 e. The lowest BCUT2D eigenvalue weighted by atomic mass is 9.86. The second-order valence-electron chi connectivity index (χ2n) is 4.46. The van der Waals surface area contributed by atoms with E-state index in [9.17, 15) is 9.18 Å². The predicted molar refractivity (Wildman–Crippen MR) is 56.7 cm³/mol. The number of halogens is 1. The fourth-order valence-corrected chi connectivity index (χ4v) is 1.24. The fourth-order valence-electron chi connectivity index (χ4n) is 1.24. The molecule has 0 aliphatic rings. The molecule has 0 amide bonds. The quantitative estimate of drug-likeness (QED) is 0.701. The van der Waals surface area contributed by atoms with E-state index in [4.69, 9.17) is 4.74 Å². The SMILES string of the molecule is COc1cc(F)cc(C(=O)C(C)(C)C)c1. The van der Waals surface area contributed by atoms with E-state index in [-0.39, 0.29) is 5.78 Å². The molecule has 0 spiro atoms. The molecular formula is C12H15FO2. The van der Waals surface area contributed by atoms with Crippen molar-refractivity contribution in [3.8, 4) is 5.75 Å². The summed E-state index contributed by atoms with van der Waals surface area (Å²) in [7, 11) is 1.44. The first-order chi connectivity index (χ1) is 6.84. The zero-order valence-corrected chi connectivity index (χ0v) is 9.43. The van der Waals surface area contributed by atoms with Crippen molar-refractivity contribution in [2.24, 2.45) is 5.41 Å². The summed E-state index contributed by atoms with van der Waals surface area (Å²) in [5.41, 5.74) is -0.168. The molecule has 82 valence electrons. The summed E-state index contributed by atoms with van der Waals surface area (Å²) in [6.07, 6.45) is 0. The maximum Gasteiger partial charge on any atom is 0.168 e. The van der Waals surface area contributed by atoms with Crippen molar-refractivity contribution < 1.29 is 13.9 Å². The summed E-state index contributed by atoms with van der Waals surface area (Å²) in [5.74, 6) is -0.190. The van der Waals surface area contributed by atoms with Crippen molar-refractivity contribution in [3.63, 3.8) is 0 Å². The lowest BCUT2D eigenvalue weighted by molar-refractivity contribution is 0.0857. The summed E-state index contributed by atoms with van der Waals surface area (Å²) in [6, 6.07) is 4.03. The Labute approximate surface area is 89.1 Å². The molecule has 0 atom stereocenters. The Bertz CT molecular complexity index is 378. The highest BCUT2D eigenvalue weighted by Gasteiger charge is 2.23. The highest BCUT2D eigenvalue weighted by Crippen LogP contribution is 2.24. The highest BCUT2D eigenvalue weighted by molar-refractivity contribution is 6.00. The van der Waals surface area contributed by atoms with E-state index >= 15 is 0 Å². The zero-order chi connectivity index (χ0) is 11.6. The van der Waals surface area contributed by atoms with Crippen LogP contribution in [0.15, 0.2) is 18.2 Å². The fraction of sp³-hybridized carbons (Fsp3) is 0.417. The third-order valence-corrected chi connectivity index (χ3v) is 2.05. The molecule has 2 nitrogen and oxygen atoms in total. The molecular weight excluding hydrogens is 195 g/mol. The Hall–Kier alpha value is -1.38. The molecule has 3 heteroatoms. The van der Waals surface area contributed by atoms with Crippen molar-refractivity contribution in [1.82, 2.24) is 0 Å². The molecule has 0 saturated heterocycles. The number of methoxy groups -OCH3 is 1.